The minimum Gasteiger partial charge on any atom is -0.492 e. The summed E-state index contributed by atoms with van der Waals surface area (Å²) in [6.07, 6.45) is -0.0435. The second-order valence-electron chi connectivity index (χ2n) is 7.97. The Balaban J connectivity index is 1.99. The standard InChI is InChI=1S/C26H27N5O6S2/c1-3-36-21-8-5-9-22-24(21)31(18-23(32)37-4-2)26(38-22)29-25(33)19-10-12-20(13-11-19)39(34,35)30(16-6-14-27)17-7-15-28/h5,8-13H,3-4,6-7,16-18H2,1-2H3. The van der Waals surface area contributed by atoms with Crippen molar-refractivity contribution in [1.82, 2.24) is 8.87 Å². The predicted octanol–water partition coefficient (Wildman–Crippen LogP) is 3.22. The molecule has 0 aliphatic carbocycles. The zero-order valence-corrected chi connectivity index (χ0v) is 23.1. The number of ether oxygens (including phenoxy) is 2. The molecule has 0 spiro atoms. The molecule has 13 heteroatoms. The second-order valence-corrected chi connectivity index (χ2v) is 10.9. The molecule has 0 radical (unpaired) electrons. The van der Waals surface area contributed by atoms with E-state index >= 15 is 0 Å². The Hall–Kier alpha value is -4.04. The minimum absolute atomic E-state index is 0.0217. The van der Waals surface area contributed by atoms with Crippen molar-refractivity contribution in [3.05, 3.63) is 52.8 Å². The van der Waals surface area contributed by atoms with Crippen LogP contribution in [0.4, 0.5) is 0 Å². The van der Waals surface area contributed by atoms with Gasteiger partial charge in [-0.3, -0.25) is 9.59 Å². The van der Waals surface area contributed by atoms with Crippen molar-refractivity contribution in [2.24, 2.45) is 4.99 Å². The van der Waals surface area contributed by atoms with Gasteiger partial charge in [-0.15, -0.1) is 0 Å². The Morgan fingerprint density at radius 1 is 1.03 bits per heavy atom. The molecule has 0 saturated heterocycles. The third-order valence-corrected chi connectivity index (χ3v) is 8.40. The first kappa shape index (κ1) is 29.5. The molecule has 1 aromatic heterocycles. The van der Waals surface area contributed by atoms with Gasteiger partial charge in [-0.1, -0.05) is 17.4 Å². The topological polar surface area (TPSA) is 155 Å². The summed E-state index contributed by atoms with van der Waals surface area (Å²) in [4.78, 5) is 29.9. The van der Waals surface area contributed by atoms with Gasteiger partial charge < -0.3 is 14.0 Å². The molecule has 0 atom stereocenters. The number of thiazole rings is 1. The number of rotatable bonds is 12. The molecule has 204 valence electrons. The van der Waals surface area contributed by atoms with Crippen LogP contribution in [0.1, 0.15) is 37.0 Å². The lowest BCUT2D eigenvalue weighted by atomic mass is 10.2. The van der Waals surface area contributed by atoms with Crippen LogP contribution in [-0.2, 0) is 26.1 Å². The van der Waals surface area contributed by atoms with Gasteiger partial charge >= 0.3 is 5.97 Å². The zero-order valence-electron chi connectivity index (χ0n) is 21.5. The van der Waals surface area contributed by atoms with Gasteiger partial charge in [0.2, 0.25) is 10.0 Å². The minimum atomic E-state index is -3.98. The number of benzene rings is 2. The van der Waals surface area contributed by atoms with Crippen molar-refractivity contribution < 1.29 is 27.5 Å². The largest absolute Gasteiger partial charge is 0.492 e. The fourth-order valence-electron chi connectivity index (χ4n) is 3.71. The summed E-state index contributed by atoms with van der Waals surface area (Å²) in [5.74, 6) is -0.590. The number of para-hydroxylation sites is 1. The van der Waals surface area contributed by atoms with E-state index in [0.29, 0.717) is 17.9 Å². The van der Waals surface area contributed by atoms with Gasteiger partial charge in [0.1, 0.15) is 17.8 Å². The van der Waals surface area contributed by atoms with Crippen molar-refractivity contribution in [2.45, 2.75) is 38.1 Å². The first-order valence-corrected chi connectivity index (χ1v) is 14.4. The Morgan fingerprint density at radius 2 is 1.69 bits per heavy atom. The number of esters is 1. The molecule has 1 amide bonds. The van der Waals surface area contributed by atoms with Crippen molar-refractivity contribution in [3.63, 3.8) is 0 Å². The number of carbonyl (C=O) groups is 2. The summed E-state index contributed by atoms with van der Waals surface area (Å²) in [7, 11) is -3.98. The van der Waals surface area contributed by atoms with Gasteiger partial charge in [-0.05, 0) is 50.2 Å². The van der Waals surface area contributed by atoms with Crippen molar-refractivity contribution in [1.29, 1.82) is 10.5 Å². The highest BCUT2D eigenvalue weighted by atomic mass is 32.2. The fourth-order valence-corrected chi connectivity index (χ4v) is 6.20. The first-order chi connectivity index (χ1) is 18.8. The molecule has 3 rings (SSSR count). The number of nitriles is 2. The Morgan fingerprint density at radius 3 is 2.28 bits per heavy atom. The van der Waals surface area contributed by atoms with E-state index in [0.717, 1.165) is 9.01 Å². The lowest BCUT2D eigenvalue weighted by molar-refractivity contribution is -0.143. The summed E-state index contributed by atoms with van der Waals surface area (Å²) in [6, 6.07) is 14.5. The molecule has 0 saturated carbocycles. The summed E-state index contributed by atoms with van der Waals surface area (Å²) in [5.41, 5.74) is 0.750. The number of nitrogens with zero attached hydrogens (tertiary/aromatic N) is 5. The van der Waals surface area contributed by atoms with Gasteiger partial charge in [0.05, 0.1) is 34.9 Å². The maximum atomic E-state index is 13.1. The molecule has 3 aromatic rings. The predicted molar refractivity (Wildman–Crippen MR) is 143 cm³/mol. The molecule has 11 nitrogen and oxygen atoms in total. The van der Waals surface area contributed by atoms with Gasteiger partial charge in [0.15, 0.2) is 4.80 Å². The number of amides is 1. The monoisotopic (exact) mass is 569 g/mol. The van der Waals surface area contributed by atoms with Gasteiger partial charge in [-0.2, -0.15) is 19.8 Å². The molecule has 0 aliphatic heterocycles. The van der Waals surface area contributed by atoms with Crippen LogP contribution in [0.2, 0.25) is 0 Å². The lowest BCUT2D eigenvalue weighted by Gasteiger charge is -2.20. The van der Waals surface area contributed by atoms with E-state index < -0.39 is 21.9 Å². The highest BCUT2D eigenvalue weighted by Gasteiger charge is 2.24. The summed E-state index contributed by atoms with van der Waals surface area (Å²) < 4.78 is 40.3. The van der Waals surface area contributed by atoms with Gasteiger partial charge in [-0.25, -0.2) is 8.42 Å². The maximum absolute atomic E-state index is 13.1. The third kappa shape index (κ3) is 7.09. The van der Waals surface area contributed by atoms with Gasteiger partial charge in [0, 0.05) is 31.5 Å². The van der Waals surface area contributed by atoms with E-state index in [1.807, 2.05) is 25.1 Å². The number of hydrogen-bond donors (Lipinski definition) is 0. The summed E-state index contributed by atoms with van der Waals surface area (Å²) in [6.45, 7) is 3.86. The molecule has 0 bridgehead atoms. The van der Waals surface area contributed by atoms with Crippen LogP contribution in [-0.4, -0.2) is 55.5 Å². The van der Waals surface area contributed by atoms with E-state index in [1.54, 1.807) is 23.6 Å². The molecular formula is C26H27N5O6S2. The normalized spacial score (nSPS) is 11.8. The summed E-state index contributed by atoms with van der Waals surface area (Å²) >= 11 is 1.21. The molecule has 2 aromatic carbocycles. The second kappa shape index (κ2) is 13.7. The average molecular weight is 570 g/mol. The third-order valence-electron chi connectivity index (χ3n) is 5.44. The van der Waals surface area contributed by atoms with E-state index in [1.165, 1.54) is 35.6 Å². The number of aromatic nitrogens is 1. The van der Waals surface area contributed by atoms with Crippen molar-refractivity contribution >= 4 is 43.5 Å². The molecule has 0 fully saturated rings. The molecule has 0 aliphatic rings. The molecule has 39 heavy (non-hydrogen) atoms. The van der Waals surface area contributed by atoms with E-state index in [2.05, 4.69) is 4.99 Å². The molecule has 1 heterocycles. The Bertz CT molecular complexity index is 1580. The number of carbonyl (C=O) groups excluding carboxylic acids is 2. The van der Waals surface area contributed by atoms with Crippen LogP contribution in [0.3, 0.4) is 0 Å². The van der Waals surface area contributed by atoms with Crippen LogP contribution in [0.15, 0.2) is 52.4 Å². The maximum Gasteiger partial charge on any atom is 0.326 e. The van der Waals surface area contributed by atoms with Crippen LogP contribution >= 0.6 is 11.3 Å². The highest BCUT2D eigenvalue weighted by molar-refractivity contribution is 7.89. The average Bonchev–Trinajstić information content (AvgIpc) is 3.26. The zero-order chi connectivity index (χ0) is 28.4. The molecular weight excluding hydrogens is 542 g/mol. The van der Waals surface area contributed by atoms with Crippen molar-refractivity contribution in [3.8, 4) is 17.9 Å². The Labute approximate surface area is 230 Å². The number of hydrogen-bond acceptors (Lipinski definition) is 9. The van der Waals surface area contributed by atoms with Crippen LogP contribution in [0, 0.1) is 22.7 Å². The Kier molecular flexibility index (Phi) is 10.3. The lowest BCUT2D eigenvalue weighted by Crippen LogP contribution is -2.32. The fraction of sp³-hybridized carbons (Fsp3) is 0.346. The molecule has 0 N–H and O–H groups in total. The SMILES string of the molecule is CCOC(=O)Cn1c(=NC(=O)c2ccc(S(=O)(=O)N(CCC#N)CCC#N)cc2)sc2cccc(OCC)c21. The van der Waals surface area contributed by atoms with Crippen LogP contribution in [0.5, 0.6) is 5.75 Å². The quantitative estimate of drug-likeness (QED) is 0.301. The molecule has 0 unspecified atom stereocenters. The number of sulfonamides is 1. The smallest absolute Gasteiger partial charge is 0.326 e. The highest BCUT2D eigenvalue weighted by Crippen LogP contribution is 2.28. The number of fused-ring (bicyclic) bond motifs is 1. The van der Waals surface area contributed by atoms with Crippen LogP contribution in [0.25, 0.3) is 10.2 Å². The van der Waals surface area contributed by atoms with Crippen molar-refractivity contribution in [2.75, 3.05) is 26.3 Å². The van der Waals surface area contributed by atoms with Gasteiger partial charge in [0.25, 0.3) is 5.91 Å². The van der Waals surface area contributed by atoms with E-state index in [9.17, 15) is 18.0 Å². The summed E-state index contributed by atoms with van der Waals surface area (Å²) in [5, 5.41) is 17.7. The van der Waals surface area contributed by atoms with E-state index in [4.69, 9.17) is 20.0 Å². The first-order valence-electron chi connectivity index (χ1n) is 12.1. The van der Waals surface area contributed by atoms with Crippen LogP contribution < -0.4 is 9.54 Å². The van der Waals surface area contributed by atoms with E-state index in [-0.39, 0.29) is 54.3 Å².